The van der Waals surface area contributed by atoms with Crippen molar-refractivity contribution in [1.82, 2.24) is 9.97 Å². The fourth-order valence-corrected chi connectivity index (χ4v) is 4.93. The Balaban J connectivity index is 1.32. The van der Waals surface area contributed by atoms with Gasteiger partial charge in [-0.3, -0.25) is 4.79 Å². The van der Waals surface area contributed by atoms with Crippen molar-refractivity contribution in [3.8, 4) is 11.5 Å². The van der Waals surface area contributed by atoms with Crippen LogP contribution in [0.25, 0.3) is 10.2 Å². The van der Waals surface area contributed by atoms with Crippen molar-refractivity contribution < 1.29 is 19.4 Å². The Hall–Kier alpha value is -3.07. The number of nitrogens with one attached hydrogen (secondary N) is 1. The van der Waals surface area contributed by atoms with Gasteiger partial charge in [-0.2, -0.15) is 4.98 Å². The Morgan fingerprint density at radius 3 is 2.84 bits per heavy atom. The number of fused-ring (bicyclic) bond motifs is 2. The number of aromatic nitrogens is 2. The molecule has 3 aromatic rings. The normalized spacial score (nSPS) is 16.1. The van der Waals surface area contributed by atoms with E-state index in [0.717, 1.165) is 40.5 Å². The summed E-state index contributed by atoms with van der Waals surface area (Å²) in [5.74, 6) is 2.09. The van der Waals surface area contributed by atoms with E-state index in [1.807, 2.05) is 12.1 Å². The van der Waals surface area contributed by atoms with Crippen molar-refractivity contribution in [3.63, 3.8) is 0 Å². The Morgan fingerprint density at radius 2 is 2.03 bits per heavy atom. The molecule has 4 heterocycles. The minimum absolute atomic E-state index is 0.275. The van der Waals surface area contributed by atoms with Crippen molar-refractivity contribution in [1.29, 1.82) is 0 Å². The minimum Gasteiger partial charge on any atom is -0.481 e. The van der Waals surface area contributed by atoms with Crippen LogP contribution >= 0.6 is 11.3 Å². The van der Waals surface area contributed by atoms with E-state index in [0.29, 0.717) is 31.9 Å². The van der Waals surface area contributed by atoms with Gasteiger partial charge in [0.05, 0.1) is 11.3 Å². The summed E-state index contributed by atoms with van der Waals surface area (Å²) in [5.41, 5.74) is 1.17. The molecule has 2 aromatic heterocycles. The summed E-state index contributed by atoms with van der Waals surface area (Å²) in [5, 5.41) is 13.8. The molecular formula is C22H24N4O4S. The summed E-state index contributed by atoms with van der Waals surface area (Å²) in [7, 11) is 0. The smallest absolute Gasteiger partial charge is 0.306 e. The predicted molar refractivity (Wildman–Crippen MR) is 119 cm³/mol. The zero-order valence-corrected chi connectivity index (χ0v) is 18.1. The number of hydrogen-bond donors (Lipinski definition) is 2. The second-order valence-electron chi connectivity index (χ2n) is 7.91. The topological polar surface area (TPSA) is 96.8 Å². The highest BCUT2D eigenvalue weighted by Crippen LogP contribution is 2.33. The van der Waals surface area contributed by atoms with Gasteiger partial charge in [0.15, 0.2) is 11.5 Å². The maximum Gasteiger partial charge on any atom is 0.306 e. The zero-order valence-electron chi connectivity index (χ0n) is 17.3. The SMILES string of the molecule is Cc1cc2c(NCCc3ccc4c(c3)OCO4)nc(N3CCC(C(=O)O)CC3)nc2s1. The largest absolute Gasteiger partial charge is 0.481 e. The van der Waals surface area contributed by atoms with Crippen LogP contribution in [-0.2, 0) is 11.2 Å². The predicted octanol–water partition coefficient (Wildman–Crippen LogP) is 3.68. The molecule has 0 aliphatic carbocycles. The summed E-state index contributed by atoms with van der Waals surface area (Å²) in [6.45, 7) is 4.38. The summed E-state index contributed by atoms with van der Waals surface area (Å²) >= 11 is 1.65. The van der Waals surface area contributed by atoms with E-state index in [2.05, 4.69) is 29.3 Å². The average Bonchev–Trinajstić information content (AvgIpc) is 3.38. The molecule has 0 unspecified atom stereocenters. The highest BCUT2D eigenvalue weighted by molar-refractivity contribution is 7.18. The van der Waals surface area contributed by atoms with Crippen molar-refractivity contribution in [3.05, 3.63) is 34.7 Å². The van der Waals surface area contributed by atoms with E-state index in [1.54, 1.807) is 11.3 Å². The minimum atomic E-state index is -0.712. The molecule has 1 aromatic carbocycles. The van der Waals surface area contributed by atoms with Gasteiger partial charge in [-0.1, -0.05) is 6.07 Å². The fourth-order valence-electron chi connectivity index (χ4n) is 4.05. The number of aryl methyl sites for hydroxylation is 1. The molecule has 1 saturated heterocycles. The average molecular weight is 441 g/mol. The first-order valence-electron chi connectivity index (χ1n) is 10.4. The molecule has 5 rings (SSSR count). The lowest BCUT2D eigenvalue weighted by atomic mass is 9.97. The molecule has 162 valence electrons. The number of carboxylic acids is 1. The first-order chi connectivity index (χ1) is 15.1. The van der Waals surface area contributed by atoms with E-state index < -0.39 is 5.97 Å². The number of carbonyl (C=O) groups is 1. The van der Waals surface area contributed by atoms with Gasteiger partial charge >= 0.3 is 5.97 Å². The zero-order chi connectivity index (χ0) is 21.4. The van der Waals surface area contributed by atoms with Crippen LogP contribution in [-0.4, -0.2) is 47.5 Å². The third kappa shape index (κ3) is 4.10. The molecule has 0 bridgehead atoms. The number of benzene rings is 1. The molecule has 0 atom stereocenters. The van der Waals surface area contributed by atoms with Gasteiger partial charge in [0.1, 0.15) is 10.6 Å². The number of aliphatic carboxylic acids is 1. The third-order valence-electron chi connectivity index (χ3n) is 5.77. The molecule has 31 heavy (non-hydrogen) atoms. The second kappa shape index (κ2) is 8.22. The van der Waals surface area contributed by atoms with Crippen LogP contribution in [0.4, 0.5) is 11.8 Å². The maximum absolute atomic E-state index is 11.3. The second-order valence-corrected chi connectivity index (χ2v) is 9.15. The molecule has 8 nitrogen and oxygen atoms in total. The summed E-state index contributed by atoms with van der Waals surface area (Å²) < 4.78 is 10.8. The lowest BCUT2D eigenvalue weighted by Gasteiger charge is -2.30. The molecule has 2 aliphatic heterocycles. The van der Waals surface area contributed by atoms with Crippen LogP contribution in [0, 0.1) is 12.8 Å². The van der Waals surface area contributed by atoms with Gasteiger partial charge < -0.3 is 24.8 Å². The van der Waals surface area contributed by atoms with Crippen molar-refractivity contribution in [2.24, 2.45) is 5.92 Å². The third-order valence-corrected chi connectivity index (χ3v) is 6.72. The summed E-state index contributed by atoms with van der Waals surface area (Å²) in [4.78, 5) is 25.1. The molecule has 9 heteroatoms. The lowest BCUT2D eigenvalue weighted by Crippen LogP contribution is -2.37. The quantitative estimate of drug-likeness (QED) is 0.599. The molecule has 0 amide bonds. The maximum atomic E-state index is 11.3. The van der Waals surface area contributed by atoms with Crippen LogP contribution in [0.15, 0.2) is 24.3 Å². The van der Waals surface area contributed by atoms with Gasteiger partial charge in [0.2, 0.25) is 12.7 Å². The van der Waals surface area contributed by atoms with Gasteiger partial charge in [0.25, 0.3) is 0 Å². The summed E-state index contributed by atoms with van der Waals surface area (Å²) in [6, 6.07) is 8.13. The number of nitrogens with zero attached hydrogens (tertiary/aromatic N) is 3. The first-order valence-corrected chi connectivity index (χ1v) is 11.3. The molecule has 2 N–H and O–H groups in total. The van der Waals surface area contributed by atoms with E-state index >= 15 is 0 Å². The number of hydrogen-bond acceptors (Lipinski definition) is 8. The number of rotatable bonds is 6. The number of thiophene rings is 1. The fraction of sp³-hybridized carbons (Fsp3) is 0.409. The van der Waals surface area contributed by atoms with E-state index in [9.17, 15) is 9.90 Å². The Kier molecular flexibility index (Phi) is 5.27. The molecule has 1 fully saturated rings. The monoisotopic (exact) mass is 440 g/mol. The number of anilines is 2. The van der Waals surface area contributed by atoms with Gasteiger partial charge in [0, 0.05) is 24.5 Å². The van der Waals surface area contributed by atoms with Crippen LogP contribution in [0.2, 0.25) is 0 Å². The Bertz CT molecular complexity index is 1120. The number of carboxylic acid groups (broad SMARTS) is 1. The van der Waals surface area contributed by atoms with E-state index in [1.165, 1.54) is 10.4 Å². The molecule has 0 spiro atoms. The Morgan fingerprint density at radius 1 is 1.23 bits per heavy atom. The van der Waals surface area contributed by atoms with Crippen molar-refractivity contribution in [2.45, 2.75) is 26.2 Å². The van der Waals surface area contributed by atoms with Crippen LogP contribution < -0.4 is 19.7 Å². The van der Waals surface area contributed by atoms with E-state index in [4.69, 9.17) is 19.4 Å². The molecule has 0 saturated carbocycles. The summed E-state index contributed by atoms with van der Waals surface area (Å²) in [6.07, 6.45) is 2.06. The standard InChI is InChI=1S/C22H24N4O4S/c1-13-10-16-19(23-7-4-14-2-3-17-18(11-14)30-12-29-17)24-22(25-20(16)31-13)26-8-5-15(6-9-26)21(27)28/h2-3,10-11,15H,4-9,12H2,1H3,(H,27,28)(H,23,24,25). The highest BCUT2D eigenvalue weighted by Gasteiger charge is 2.26. The van der Waals surface area contributed by atoms with Gasteiger partial charge in [-0.25, -0.2) is 4.98 Å². The van der Waals surface area contributed by atoms with Crippen LogP contribution in [0.5, 0.6) is 11.5 Å². The first kappa shape index (κ1) is 19.9. The lowest BCUT2D eigenvalue weighted by molar-refractivity contribution is -0.142. The number of ether oxygens (including phenoxy) is 2. The van der Waals surface area contributed by atoms with E-state index in [-0.39, 0.29) is 12.7 Å². The van der Waals surface area contributed by atoms with Crippen LogP contribution in [0.3, 0.4) is 0 Å². The van der Waals surface area contributed by atoms with Gasteiger partial charge in [-0.15, -0.1) is 11.3 Å². The van der Waals surface area contributed by atoms with Crippen molar-refractivity contribution in [2.75, 3.05) is 36.6 Å². The molecule has 0 radical (unpaired) electrons. The highest BCUT2D eigenvalue weighted by atomic mass is 32.1. The Labute approximate surface area is 183 Å². The van der Waals surface area contributed by atoms with Gasteiger partial charge in [-0.05, 0) is 49.9 Å². The van der Waals surface area contributed by atoms with Crippen molar-refractivity contribution >= 4 is 39.3 Å². The van der Waals surface area contributed by atoms with Crippen LogP contribution in [0.1, 0.15) is 23.3 Å². The molecular weight excluding hydrogens is 416 g/mol. The number of piperidine rings is 1. The molecule has 2 aliphatic rings.